The molecule has 0 spiro atoms. The molecule has 0 aromatic carbocycles. The molecule has 0 N–H and O–H groups in total. The summed E-state index contributed by atoms with van der Waals surface area (Å²) in [6.45, 7) is 1.88. The number of carbonyl (C=O) groups is 1. The van der Waals surface area contributed by atoms with Gasteiger partial charge >= 0.3 is 0 Å². The van der Waals surface area contributed by atoms with Crippen molar-refractivity contribution in [2.45, 2.75) is 18.8 Å². The predicted octanol–water partition coefficient (Wildman–Crippen LogP) is 3.73. The molecule has 3 aromatic heterocycles. The van der Waals surface area contributed by atoms with Crippen molar-refractivity contribution in [3.8, 4) is 5.82 Å². The molecule has 0 saturated carbocycles. The van der Waals surface area contributed by atoms with Crippen LogP contribution in [-0.2, 0) is 10.2 Å². The number of carbonyl (C=O) groups excluding carboxylic acids is 1. The van der Waals surface area contributed by atoms with E-state index in [0.717, 1.165) is 17.4 Å². The highest BCUT2D eigenvalue weighted by molar-refractivity contribution is 6.36. The summed E-state index contributed by atoms with van der Waals surface area (Å²) in [6.07, 6.45) is 12.5. The zero-order valence-corrected chi connectivity index (χ0v) is 14.3. The van der Waals surface area contributed by atoms with Crippen LogP contribution < -0.4 is 0 Å². The molecule has 0 bridgehead atoms. The Balaban J connectivity index is 1.96. The molecule has 1 aliphatic carbocycles. The topological polar surface area (TPSA) is 60.7 Å². The van der Waals surface area contributed by atoms with E-state index >= 15 is 0 Å². The molecule has 1 atom stereocenters. The quantitative estimate of drug-likeness (QED) is 0.675. The summed E-state index contributed by atoms with van der Waals surface area (Å²) in [6, 6.07) is 5.59. The Morgan fingerprint density at radius 2 is 2.16 bits per heavy atom. The molecule has 1 aliphatic rings. The normalized spacial score (nSPS) is 19.4. The molecule has 0 amide bonds. The minimum Gasteiger partial charge on any atom is -0.302 e. The minimum atomic E-state index is -0.785. The third-order valence-corrected chi connectivity index (χ3v) is 4.87. The summed E-state index contributed by atoms with van der Waals surface area (Å²) < 4.78 is 1.67. The van der Waals surface area contributed by atoms with Gasteiger partial charge in [-0.15, -0.1) is 0 Å². The van der Waals surface area contributed by atoms with Gasteiger partial charge in [0.1, 0.15) is 6.29 Å². The maximum absolute atomic E-state index is 11.9. The molecule has 1 unspecified atom stereocenters. The Labute approximate surface area is 149 Å². The van der Waals surface area contributed by atoms with Gasteiger partial charge in [0.05, 0.1) is 21.5 Å². The van der Waals surface area contributed by atoms with Gasteiger partial charge in [-0.2, -0.15) is 9.78 Å². The SMILES string of the molecule is Cc1nn(-c2ccccn2)c2ncc(C3(C=O)C=CC=CC3)c(Cl)c12. The Kier molecular flexibility index (Phi) is 3.73. The van der Waals surface area contributed by atoms with Gasteiger partial charge in [-0.05, 0) is 25.5 Å². The summed E-state index contributed by atoms with van der Waals surface area (Å²) in [7, 11) is 0. The monoisotopic (exact) mass is 350 g/mol. The molecule has 6 heteroatoms. The molecular formula is C19H15ClN4O. The second-order valence-corrected chi connectivity index (χ2v) is 6.40. The number of hydrogen-bond acceptors (Lipinski definition) is 4. The predicted molar refractivity (Wildman–Crippen MR) is 97.0 cm³/mol. The minimum absolute atomic E-state index is 0.511. The van der Waals surface area contributed by atoms with Crippen LogP contribution in [-0.4, -0.2) is 26.0 Å². The lowest BCUT2D eigenvalue weighted by Gasteiger charge is -2.26. The molecule has 3 aromatic rings. The van der Waals surface area contributed by atoms with E-state index in [1.54, 1.807) is 17.1 Å². The second-order valence-electron chi connectivity index (χ2n) is 6.02. The Bertz CT molecular complexity index is 1020. The van der Waals surface area contributed by atoms with Gasteiger partial charge in [0.25, 0.3) is 0 Å². The molecular weight excluding hydrogens is 336 g/mol. The van der Waals surface area contributed by atoms with Gasteiger partial charge in [-0.3, -0.25) is 0 Å². The van der Waals surface area contributed by atoms with E-state index in [9.17, 15) is 4.79 Å². The lowest BCUT2D eigenvalue weighted by atomic mass is 9.77. The standard InChI is InChI=1S/C19H15ClN4O/c1-13-16-17(20)14(19(12-25)8-4-2-5-9-19)11-22-18(16)24(23-13)15-7-3-6-10-21-15/h2-8,10-12H,9H2,1H3. The van der Waals surface area contributed by atoms with E-state index in [2.05, 4.69) is 15.1 Å². The van der Waals surface area contributed by atoms with Crippen molar-refractivity contribution >= 4 is 28.9 Å². The molecule has 0 saturated heterocycles. The Hall–Kier alpha value is -2.79. The average molecular weight is 351 g/mol. The summed E-state index contributed by atoms with van der Waals surface area (Å²) in [5, 5.41) is 5.80. The van der Waals surface area contributed by atoms with E-state index < -0.39 is 5.41 Å². The van der Waals surface area contributed by atoms with Gasteiger partial charge in [0, 0.05) is 18.0 Å². The van der Waals surface area contributed by atoms with Crippen LogP contribution in [0.3, 0.4) is 0 Å². The number of rotatable bonds is 3. The van der Waals surface area contributed by atoms with Crippen molar-refractivity contribution in [3.63, 3.8) is 0 Å². The van der Waals surface area contributed by atoms with Crippen molar-refractivity contribution in [2.24, 2.45) is 0 Å². The molecule has 5 nitrogen and oxygen atoms in total. The molecule has 124 valence electrons. The number of aromatic nitrogens is 4. The number of pyridine rings is 2. The van der Waals surface area contributed by atoms with E-state index in [-0.39, 0.29) is 0 Å². The molecule has 0 radical (unpaired) electrons. The van der Waals surface area contributed by atoms with Crippen LogP contribution in [0.2, 0.25) is 5.02 Å². The highest BCUT2D eigenvalue weighted by atomic mass is 35.5. The van der Waals surface area contributed by atoms with E-state index in [0.29, 0.717) is 28.5 Å². The van der Waals surface area contributed by atoms with Gasteiger partial charge in [-0.1, -0.05) is 42.0 Å². The molecule has 0 fully saturated rings. The lowest BCUT2D eigenvalue weighted by Crippen LogP contribution is -2.26. The number of aldehydes is 1. The fraction of sp³-hybridized carbons (Fsp3) is 0.158. The summed E-state index contributed by atoms with van der Waals surface area (Å²) in [5.74, 6) is 0.669. The van der Waals surface area contributed by atoms with Crippen LogP contribution in [0.4, 0.5) is 0 Å². The Morgan fingerprint density at radius 1 is 1.28 bits per heavy atom. The number of fused-ring (bicyclic) bond motifs is 1. The summed E-state index contributed by atoms with van der Waals surface area (Å²) in [5.41, 5.74) is 1.28. The molecule has 25 heavy (non-hydrogen) atoms. The van der Waals surface area contributed by atoms with Crippen molar-refractivity contribution in [1.29, 1.82) is 0 Å². The zero-order valence-electron chi connectivity index (χ0n) is 13.6. The number of hydrogen-bond donors (Lipinski definition) is 0. The van der Waals surface area contributed by atoms with Gasteiger partial charge in [-0.25, -0.2) is 9.97 Å². The first-order valence-corrected chi connectivity index (χ1v) is 8.30. The first kappa shape index (κ1) is 15.7. The van der Waals surface area contributed by atoms with Crippen LogP contribution in [0, 0.1) is 6.92 Å². The maximum Gasteiger partial charge on any atom is 0.166 e. The molecule has 0 aliphatic heterocycles. The van der Waals surface area contributed by atoms with Crippen LogP contribution >= 0.6 is 11.6 Å². The van der Waals surface area contributed by atoms with E-state index in [4.69, 9.17) is 11.6 Å². The number of aryl methyl sites for hydroxylation is 1. The van der Waals surface area contributed by atoms with Crippen molar-refractivity contribution in [2.75, 3.05) is 0 Å². The van der Waals surface area contributed by atoms with Crippen molar-refractivity contribution in [3.05, 3.63) is 71.2 Å². The highest BCUT2D eigenvalue weighted by Crippen LogP contribution is 2.39. The number of nitrogens with zero attached hydrogens (tertiary/aromatic N) is 4. The van der Waals surface area contributed by atoms with Crippen LogP contribution in [0.15, 0.2) is 54.9 Å². The first-order valence-electron chi connectivity index (χ1n) is 7.93. The van der Waals surface area contributed by atoms with Crippen LogP contribution in [0.1, 0.15) is 17.7 Å². The third kappa shape index (κ3) is 2.39. The summed E-state index contributed by atoms with van der Waals surface area (Å²) in [4.78, 5) is 20.8. The van der Waals surface area contributed by atoms with Crippen molar-refractivity contribution < 1.29 is 4.79 Å². The smallest absolute Gasteiger partial charge is 0.166 e. The lowest BCUT2D eigenvalue weighted by molar-refractivity contribution is -0.111. The van der Waals surface area contributed by atoms with E-state index in [1.165, 1.54) is 0 Å². The fourth-order valence-corrected chi connectivity index (χ4v) is 3.61. The molecule has 3 heterocycles. The van der Waals surface area contributed by atoms with Gasteiger partial charge in [0.2, 0.25) is 0 Å². The van der Waals surface area contributed by atoms with Gasteiger partial charge < -0.3 is 4.79 Å². The third-order valence-electron chi connectivity index (χ3n) is 4.48. The van der Waals surface area contributed by atoms with E-state index in [1.807, 2.05) is 49.4 Å². The van der Waals surface area contributed by atoms with Gasteiger partial charge in [0.15, 0.2) is 11.5 Å². The molecule has 4 rings (SSSR count). The van der Waals surface area contributed by atoms with Crippen molar-refractivity contribution in [1.82, 2.24) is 19.7 Å². The van der Waals surface area contributed by atoms with Crippen LogP contribution in [0.5, 0.6) is 0 Å². The average Bonchev–Trinajstić information content (AvgIpc) is 3.01. The maximum atomic E-state index is 11.9. The van der Waals surface area contributed by atoms with Crippen LogP contribution in [0.25, 0.3) is 16.9 Å². The largest absolute Gasteiger partial charge is 0.302 e. The first-order chi connectivity index (χ1) is 12.2. The number of allylic oxidation sites excluding steroid dienone is 4. The summed E-state index contributed by atoms with van der Waals surface area (Å²) >= 11 is 6.72. The fourth-order valence-electron chi connectivity index (χ4n) is 3.16. The second kappa shape index (κ2) is 5.93. The Morgan fingerprint density at radius 3 is 2.84 bits per heavy atom. The highest BCUT2D eigenvalue weighted by Gasteiger charge is 2.33. The zero-order chi connectivity index (χ0) is 17.4. The number of halogens is 1.